The highest BCUT2D eigenvalue weighted by atomic mass is 32.1. The molecule has 3 N–H and O–H groups in total. The molecule has 4 heteroatoms. The Balaban J connectivity index is 1.84. The van der Waals surface area contributed by atoms with E-state index < -0.39 is 0 Å². The van der Waals surface area contributed by atoms with Crippen molar-refractivity contribution in [1.82, 2.24) is 9.97 Å². The van der Waals surface area contributed by atoms with E-state index in [0.29, 0.717) is 0 Å². The summed E-state index contributed by atoms with van der Waals surface area (Å²) in [7, 11) is 0. The molecule has 0 saturated carbocycles. The smallest absolute Gasteiger partial charge is 0.110 e. The van der Waals surface area contributed by atoms with Crippen LogP contribution < -0.4 is 16.3 Å². The number of aromatic amines is 1. The number of hydrogen-bond acceptors (Lipinski definition) is 3. The summed E-state index contributed by atoms with van der Waals surface area (Å²) in [4.78, 5) is 8.01. The summed E-state index contributed by atoms with van der Waals surface area (Å²) >= 11 is 1.62. The van der Waals surface area contributed by atoms with Crippen LogP contribution in [-0.4, -0.2) is 9.97 Å². The van der Waals surface area contributed by atoms with E-state index in [4.69, 9.17) is 10.7 Å². The lowest BCUT2D eigenvalue weighted by molar-refractivity contribution is 0.714. The Labute approximate surface area is 145 Å². The Kier molecular flexibility index (Phi) is 5.08. The Bertz CT molecular complexity index is 935. The number of benzene rings is 1. The molecule has 24 heavy (non-hydrogen) atoms. The van der Waals surface area contributed by atoms with Crippen LogP contribution in [0, 0.1) is 0 Å². The molecule has 2 heterocycles. The molecular formula is C20H21N3S. The SMILES string of the molecule is C=C/C=c1/[nH]cc(C[C@@H](N)c2nc(-c3ccccc3)cs2)/c1=C/C. The summed E-state index contributed by atoms with van der Waals surface area (Å²) in [5, 5.41) is 5.29. The van der Waals surface area contributed by atoms with Crippen molar-refractivity contribution < 1.29 is 0 Å². The lowest BCUT2D eigenvalue weighted by Crippen LogP contribution is -2.26. The minimum atomic E-state index is -0.112. The first-order chi connectivity index (χ1) is 11.7. The molecule has 1 aromatic carbocycles. The van der Waals surface area contributed by atoms with Gasteiger partial charge in [-0.3, -0.25) is 0 Å². The van der Waals surface area contributed by atoms with Crippen LogP contribution in [0.4, 0.5) is 0 Å². The lowest BCUT2D eigenvalue weighted by Gasteiger charge is -2.07. The van der Waals surface area contributed by atoms with Gasteiger partial charge in [-0.25, -0.2) is 4.98 Å². The number of nitrogens with one attached hydrogen (secondary N) is 1. The van der Waals surface area contributed by atoms with Crippen molar-refractivity contribution in [2.45, 2.75) is 19.4 Å². The van der Waals surface area contributed by atoms with Gasteiger partial charge in [0.25, 0.3) is 0 Å². The quantitative estimate of drug-likeness (QED) is 0.752. The van der Waals surface area contributed by atoms with Gasteiger partial charge in [0, 0.05) is 22.5 Å². The number of thiazole rings is 1. The highest BCUT2D eigenvalue weighted by Crippen LogP contribution is 2.25. The number of aromatic nitrogens is 2. The summed E-state index contributed by atoms with van der Waals surface area (Å²) in [6, 6.07) is 10.1. The van der Waals surface area contributed by atoms with Crippen LogP contribution >= 0.6 is 11.3 Å². The topological polar surface area (TPSA) is 54.7 Å². The third-order valence-electron chi connectivity index (χ3n) is 3.96. The highest BCUT2D eigenvalue weighted by molar-refractivity contribution is 7.10. The first-order valence-electron chi connectivity index (χ1n) is 7.94. The summed E-state index contributed by atoms with van der Waals surface area (Å²) in [5.41, 5.74) is 9.73. The van der Waals surface area contributed by atoms with Crippen LogP contribution in [0.2, 0.25) is 0 Å². The van der Waals surface area contributed by atoms with Crippen molar-refractivity contribution in [3.05, 3.63) is 75.7 Å². The Morgan fingerprint density at radius 1 is 1.33 bits per heavy atom. The van der Waals surface area contributed by atoms with E-state index in [1.54, 1.807) is 17.4 Å². The second-order valence-electron chi connectivity index (χ2n) is 5.58. The zero-order valence-corrected chi connectivity index (χ0v) is 14.5. The van der Waals surface area contributed by atoms with Gasteiger partial charge < -0.3 is 10.7 Å². The molecule has 3 nitrogen and oxygen atoms in total. The van der Waals surface area contributed by atoms with Gasteiger partial charge in [-0.2, -0.15) is 0 Å². The molecule has 0 aliphatic rings. The zero-order valence-electron chi connectivity index (χ0n) is 13.7. The van der Waals surface area contributed by atoms with Gasteiger partial charge in [-0.05, 0) is 30.2 Å². The minimum absolute atomic E-state index is 0.112. The van der Waals surface area contributed by atoms with E-state index in [1.807, 2.05) is 37.4 Å². The first-order valence-corrected chi connectivity index (χ1v) is 8.82. The number of hydrogen-bond donors (Lipinski definition) is 2. The predicted molar refractivity (Wildman–Crippen MR) is 103 cm³/mol. The number of allylic oxidation sites excluding steroid dienone is 1. The average Bonchev–Trinajstić information content (AvgIpc) is 3.23. The minimum Gasteiger partial charge on any atom is -0.361 e. The molecule has 0 saturated heterocycles. The Morgan fingerprint density at radius 3 is 2.83 bits per heavy atom. The normalized spacial score (nSPS) is 14.1. The van der Waals surface area contributed by atoms with Gasteiger partial charge in [-0.15, -0.1) is 11.3 Å². The van der Waals surface area contributed by atoms with Crippen LogP contribution in [0.3, 0.4) is 0 Å². The van der Waals surface area contributed by atoms with Crippen molar-refractivity contribution in [2.75, 3.05) is 0 Å². The maximum Gasteiger partial charge on any atom is 0.110 e. The van der Waals surface area contributed by atoms with Gasteiger partial charge in [0.05, 0.1) is 11.7 Å². The third-order valence-corrected chi connectivity index (χ3v) is 4.94. The predicted octanol–water partition coefficient (Wildman–Crippen LogP) is 3.15. The molecule has 0 radical (unpaired) electrons. The van der Waals surface area contributed by atoms with Gasteiger partial charge in [-0.1, -0.05) is 49.1 Å². The van der Waals surface area contributed by atoms with E-state index in [-0.39, 0.29) is 6.04 Å². The fourth-order valence-electron chi connectivity index (χ4n) is 2.78. The average molecular weight is 335 g/mol. The molecule has 0 bridgehead atoms. The van der Waals surface area contributed by atoms with Crippen molar-refractivity contribution in [1.29, 1.82) is 0 Å². The maximum absolute atomic E-state index is 6.42. The Hall–Kier alpha value is -2.43. The van der Waals surface area contributed by atoms with Crippen LogP contribution in [0.25, 0.3) is 23.4 Å². The molecule has 2 aromatic heterocycles. The largest absolute Gasteiger partial charge is 0.361 e. The summed E-state index contributed by atoms with van der Waals surface area (Å²) < 4.78 is 0. The van der Waals surface area contributed by atoms with E-state index in [9.17, 15) is 0 Å². The summed E-state index contributed by atoms with van der Waals surface area (Å²) in [5.74, 6) is 0. The number of rotatable bonds is 5. The highest BCUT2D eigenvalue weighted by Gasteiger charge is 2.14. The Morgan fingerprint density at radius 2 is 2.12 bits per heavy atom. The number of nitrogens with zero attached hydrogens (tertiary/aromatic N) is 1. The fourth-order valence-corrected chi connectivity index (χ4v) is 3.61. The van der Waals surface area contributed by atoms with Gasteiger partial charge in [0.15, 0.2) is 0 Å². The molecular weight excluding hydrogens is 314 g/mol. The second kappa shape index (κ2) is 7.43. The maximum atomic E-state index is 6.42. The lowest BCUT2D eigenvalue weighted by atomic mass is 10.1. The monoisotopic (exact) mass is 335 g/mol. The molecule has 0 aliphatic heterocycles. The van der Waals surface area contributed by atoms with Crippen molar-refractivity contribution in [3.63, 3.8) is 0 Å². The molecule has 1 atom stereocenters. The molecule has 0 fully saturated rings. The zero-order chi connectivity index (χ0) is 16.9. The van der Waals surface area contributed by atoms with Gasteiger partial charge in [0.1, 0.15) is 5.01 Å². The van der Waals surface area contributed by atoms with Crippen LogP contribution in [0.15, 0.2) is 54.6 Å². The molecule has 0 unspecified atom stereocenters. The standard InChI is InChI=1S/C20H21N3S/c1-3-8-18-16(4-2)15(12-22-18)11-17(21)20-23-19(13-24-20)14-9-6-5-7-10-14/h3-10,12-13,17,22H,1,11,21H2,2H3/b16-4-,18-8+/t17-/m1/s1. The van der Waals surface area contributed by atoms with Gasteiger partial charge >= 0.3 is 0 Å². The van der Waals surface area contributed by atoms with E-state index in [2.05, 4.69) is 35.2 Å². The molecule has 0 aliphatic carbocycles. The molecule has 0 spiro atoms. The number of nitrogens with two attached hydrogens (primary N) is 1. The summed E-state index contributed by atoms with van der Waals surface area (Å²) in [6.07, 6.45) is 8.64. The van der Waals surface area contributed by atoms with Gasteiger partial charge in [0.2, 0.25) is 0 Å². The van der Waals surface area contributed by atoms with Crippen molar-refractivity contribution in [3.8, 4) is 11.3 Å². The molecule has 3 rings (SSSR count). The third kappa shape index (κ3) is 3.40. The first kappa shape index (κ1) is 16.4. The molecule has 0 amide bonds. The fraction of sp³-hybridized carbons (Fsp3) is 0.150. The van der Waals surface area contributed by atoms with Crippen LogP contribution in [-0.2, 0) is 6.42 Å². The van der Waals surface area contributed by atoms with E-state index in [1.165, 1.54) is 10.8 Å². The van der Waals surface area contributed by atoms with Crippen LogP contribution in [0.1, 0.15) is 23.5 Å². The second-order valence-corrected chi connectivity index (χ2v) is 6.47. The van der Waals surface area contributed by atoms with Crippen molar-refractivity contribution >= 4 is 23.5 Å². The molecule has 122 valence electrons. The molecule has 3 aromatic rings. The van der Waals surface area contributed by atoms with Crippen LogP contribution in [0.5, 0.6) is 0 Å². The van der Waals surface area contributed by atoms with E-state index in [0.717, 1.165) is 28.0 Å². The van der Waals surface area contributed by atoms with E-state index >= 15 is 0 Å². The number of H-pyrrole nitrogens is 1. The van der Waals surface area contributed by atoms with Crippen molar-refractivity contribution in [2.24, 2.45) is 5.73 Å². The summed E-state index contributed by atoms with van der Waals surface area (Å²) in [6.45, 7) is 5.80.